The molecule has 0 radical (unpaired) electrons. The minimum atomic E-state index is -0.359. The van der Waals surface area contributed by atoms with Gasteiger partial charge in [0.25, 0.3) is 0 Å². The number of ether oxygens (including phenoxy) is 1. The number of pyridine rings is 1. The van der Waals surface area contributed by atoms with Crippen molar-refractivity contribution in [1.82, 2.24) is 4.98 Å². The van der Waals surface area contributed by atoms with Crippen molar-refractivity contribution >= 4 is 12.0 Å². The molecule has 0 saturated heterocycles. The summed E-state index contributed by atoms with van der Waals surface area (Å²) in [5.74, 6) is -0.359. The number of esters is 1. The Hall–Kier alpha value is -1.90. The zero-order valence-electron chi connectivity index (χ0n) is 8.85. The molecule has 0 amide bonds. The second-order valence-electron chi connectivity index (χ2n) is 2.41. The van der Waals surface area contributed by atoms with Crippen LogP contribution in [0.3, 0.4) is 0 Å². The lowest BCUT2D eigenvalue weighted by Crippen LogP contribution is -1.97. The molecule has 0 fully saturated rings. The van der Waals surface area contributed by atoms with Gasteiger partial charge >= 0.3 is 5.97 Å². The summed E-state index contributed by atoms with van der Waals surface area (Å²) >= 11 is 0. The van der Waals surface area contributed by atoms with E-state index in [1.807, 2.05) is 18.2 Å². The van der Waals surface area contributed by atoms with E-state index in [1.165, 1.54) is 0 Å². The molecule has 3 nitrogen and oxygen atoms in total. The SMILES string of the molecule is C=CC(=O)OCC.C=Cc1ccccn1. The molecule has 1 aromatic heterocycles. The minimum absolute atomic E-state index is 0.359. The van der Waals surface area contributed by atoms with E-state index in [1.54, 1.807) is 19.2 Å². The van der Waals surface area contributed by atoms with Crippen LogP contribution in [0.4, 0.5) is 0 Å². The monoisotopic (exact) mass is 205 g/mol. The average Bonchev–Trinajstić information content (AvgIpc) is 2.31. The van der Waals surface area contributed by atoms with Gasteiger partial charge in [-0.1, -0.05) is 19.2 Å². The van der Waals surface area contributed by atoms with Gasteiger partial charge < -0.3 is 4.74 Å². The summed E-state index contributed by atoms with van der Waals surface area (Å²) in [6.45, 7) is 8.95. The van der Waals surface area contributed by atoms with E-state index in [-0.39, 0.29) is 5.97 Å². The molecule has 15 heavy (non-hydrogen) atoms. The molecule has 0 unspecified atom stereocenters. The molecule has 0 saturated carbocycles. The summed E-state index contributed by atoms with van der Waals surface area (Å²) in [4.78, 5) is 14.1. The van der Waals surface area contributed by atoms with Gasteiger partial charge in [-0.15, -0.1) is 0 Å². The first-order valence-corrected chi connectivity index (χ1v) is 4.57. The summed E-state index contributed by atoms with van der Waals surface area (Å²) in [5, 5.41) is 0. The molecule has 1 heterocycles. The van der Waals surface area contributed by atoms with Crippen LogP contribution in [0.15, 0.2) is 43.6 Å². The smallest absolute Gasteiger partial charge is 0.330 e. The highest BCUT2D eigenvalue weighted by atomic mass is 16.5. The van der Waals surface area contributed by atoms with Crippen LogP contribution in [0, 0.1) is 0 Å². The van der Waals surface area contributed by atoms with Crippen molar-refractivity contribution in [3.05, 3.63) is 49.3 Å². The molecule has 0 aliphatic carbocycles. The third kappa shape index (κ3) is 7.19. The topological polar surface area (TPSA) is 39.2 Å². The summed E-state index contributed by atoms with van der Waals surface area (Å²) in [6, 6.07) is 5.73. The van der Waals surface area contributed by atoms with Crippen molar-refractivity contribution in [1.29, 1.82) is 0 Å². The first-order chi connectivity index (χ1) is 7.24. The van der Waals surface area contributed by atoms with Crippen LogP contribution >= 0.6 is 0 Å². The van der Waals surface area contributed by atoms with Crippen molar-refractivity contribution < 1.29 is 9.53 Å². The van der Waals surface area contributed by atoms with Crippen LogP contribution in [0.2, 0.25) is 0 Å². The van der Waals surface area contributed by atoms with E-state index in [4.69, 9.17) is 0 Å². The van der Waals surface area contributed by atoms with E-state index in [2.05, 4.69) is 22.9 Å². The Balaban J connectivity index is 0.000000265. The molecule has 0 atom stereocenters. The third-order valence-electron chi connectivity index (χ3n) is 1.35. The maximum atomic E-state index is 10.1. The number of carbonyl (C=O) groups is 1. The predicted molar refractivity (Wildman–Crippen MR) is 61.2 cm³/mol. The highest BCUT2D eigenvalue weighted by molar-refractivity contribution is 5.81. The lowest BCUT2D eigenvalue weighted by molar-refractivity contribution is -0.137. The molecule has 0 N–H and O–H groups in total. The second-order valence-corrected chi connectivity index (χ2v) is 2.41. The number of rotatable bonds is 3. The van der Waals surface area contributed by atoms with Crippen LogP contribution in [0.5, 0.6) is 0 Å². The number of carbonyl (C=O) groups excluding carboxylic acids is 1. The van der Waals surface area contributed by atoms with Gasteiger partial charge in [-0.25, -0.2) is 4.79 Å². The number of aromatic nitrogens is 1. The molecule has 0 bridgehead atoms. The van der Waals surface area contributed by atoms with Gasteiger partial charge in [0.05, 0.1) is 12.3 Å². The van der Waals surface area contributed by atoms with E-state index >= 15 is 0 Å². The maximum absolute atomic E-state index is 10.1. The summed E-state index contributed by atoms with van der Waals surface area (Å²) in [5.41, 5.74) is 0.924. The Morgan fingerprint density at radius 2 is 2.27 bits per heavy atom. The van der Waals surface area contributed by atoms with E-state index in [0.29, 0.717) is 6.61 Å². The molecule has 0 spiro atoms. The van der Waals surface area contributed by atoms with Crippen molar-refractivity contribution in [2.45, 2.75) is 6.92 Å². The normalized spacial score (nSPS) is 8.07. The fourth-order valence-electron chi connectivity index (χ4n) is 0.698. The van der Waals surface area contributed by atoms with Gasteiger partial charge in [0.1, 0.15) is 0 Å². The van der Waals surface area contributed by atoms with Crippen LogP contribution in [-0.4, -0.2) is 17.6 Å². The number of hydrogen-bond donors (Lipinski definition) is 0. The molecule has 3 heteroatoms. The zero-order chi connectivity index (χ0) is 11.5. The molecular formula is C12H15NO2. The molecular weight excluding hydrogens is 190 g/mol. The predicted octanol–water partition coefficient (Wildman–Crippen LogP) is 2.46. The van der Waals surface area contributed by atoms with Gasteiger partial charge in [-0.2, -0.15) is 0 Å². The Morgan fingerprint density at radius 3 is 2.53 bits per heavy atom. The molecule has 0 aliphatic heterocycles. The first-order valence-electron chi connectivity index (χ1n) is 4.57. The fraction of sp³-hybridized carbons (Fsp3) is 0.167. The van der Waals surface area contributed by atoms with Gasteiger partial charge in [-0.05, 0) is 25.1 Å². The van der Waals surface area contributed by atoms with Crippen molar-refractivity contribution in [2.75, 3.05) is 6.61 Å². The highest BCUT2D eigenvalue weighted by Crippen LogP contribution is 1.91. The Kier molecular flexibility index (Phi) is 7.59. The number of nitrogens with zero attached hydrogens (tertiary/aromatic N) is 1. The van der Waals surface area contributed by atoms with Gasteiger partial charge in [0, 0.05) is 12.3 Å². The molecule has 1 rings (SSSR count). The van der Waals surface area contributed by atoms with Crippen molar-refractivity contribution in [3.8, 4) is 0 Å². The highest BCUT2D eigenvalue weighted by Gasteiger charge is 1.86. The summed E-state index contributed by atoms with van der Waals surface area (Å²) in [6.07, 6.45) is 4.61. The number of hydrogen-bond acceptors (Lipinski definition) is 3. The van der Waals surface area contributed by atoms with Crippen LogP contribution in [0.25, 0.3) is 6.08 Å². The largest absolute Gasteiger partial charge is 0.463 e. The summed E-state index contributed by atoms with van der Waals surface area (Å²) in [7, 11) is 0. The molecule has 1 aromatic rings. The Labute approximate surface area is 90.1 Å². The third-order valence-corrected chi connectivity index (χ3v) is 1.35. The Bertz CT molecular complexity index is 307. The molecule has 0 aromatic carbocycles. The fourth-order valence-corrected chi connectivity index (χ4v) is 0.698. The first kappa shape index (κ1) is 13.1. The molecule has 80 valence electrons. The second kappa shape index (κ2) is 8.69. The maximum Gasteiger partial charge on any atom is 0.330 e. The van der Waals surface area contributed by atoms with Crippen LogP contribution in [-0.2, 0) is 9.53 Å². The molecule has 0 aliphatic rings. The quantitative estimate of drug-likeness (QED) is 0.562. The Morgan fingerprint density at radius 1 is 1.53 bits per heavy atom. The average molecular weight is 205 g/mol. The van der Waals surface area contributed by atoms with E-state index < -0.39 is 0 Å². The zero-order valence-corrected chi connectivity index (χ0v) is 8.85. The lowest BCUT2D eigenvalue weighted by atomic mass is 10.4. The van der Waals surface area contributed by atoms with Crippen LogP contribution in [0.1, 0.15) is 12.6 Å². The van der Waals surface area contributed by atoms with Gasteiger partial charge in [-0.3, -0.25) is 4.98 Å². The van der Waals surface area contributed by atoms with Crippen molar-refractivity contribution in [3.63, 3.8) is 0 Å². The van der Waals surface area contributed by atoms with Gasteiger partial charge in [0.15, 0.2) is 0 Å². The standard InChI is InChI=1S/C7H7N.C5H8O2/c1-2-7-5-3-4-6-8-7;1-3-5(6)7-4-2/h2-6H,1H2;3H,1,4H2,2H3. The minimum Gasteiger partial charge on any atom is -0.463 e. The van der Waals surface area contributed by atoms with Crippen molar-refractivity contribution in [2.24, 2.45) is 0 Å². The lowest BCUT2D eigenvalue weighted by Gasteiger charge is -1.90. The van der Waals surface area contributed by atoms with E-state index in [0.717, 1.165) is 11.8 Å². The van der Waals surface area contributed by atoms with Gasteiger partial charge in [0.2, 0.25) is 0 Å². The summed E-state index contributed by atoms with van der Waals surface area (Å²) < 4.78 is 4.43. The van der Waals surface area contributed by atoms with E-state index in [9.17, 15) is 4.79 Å². The van der Waals surface area contributed by atoms with Crippen LogP contribution < -0.4 is 0 Å².